The van der Waals surface area contributed by atoms with Gasteiger partial charge in [-0.05, 0) is 35.4 Å². The monoisotopic (exact) mass is 349 g/mol. The summed E-state index contributed by atoms with van der Waals surface area (Å²) in [6.45, 7) is 0.622. The molecule has 0 fully saturated rings. The first-order valence-electron chi connectivity index (χ1n) is 6.92. The van der Waals surface area contributed by atoms with E-state index in [2.05, 4.69) is 5.32 Å². The molecule has 1 N–H and O–H groups in total. The topological polar surface area (TPSA) is 47.6 Å². The zero-order valence-electron chi connectivity index (χ0n) is 12.0. The molecule has 1 amide bonds. The van der Waals surface area contributed by atoms with Gasteiger partial charge < -0.3 is 14.8 Å². The molecule has 118 valence electrons. The lowest BCUT2D eigenvalue weighted by Crippen LogP contribution is -2.20. The van der Waals surface area contributed by atoms with Crippen molar-refractivity contribution in [2.45, 2.75) is 6.54 Å². The van der Waals surface area contributed by atoms with Gasteiger partial charge in [0.2, 0.25) is 12.7 Å². The van der Waals surface area contributed by atoms with Crippen molar-refractivity contribution < 1.29 is 14.3 Å². The third kappa shape index (κ3) is 3.78. The molecule has 0 unspecified atom stereocenters. The average molecular weight is 350 g/mol. The van der Waals surface area contributed by atoms with Crippen LogP contribution in [0, 0.1) is 0 Å². The van der Waals surface area contributed by atoms with Crippen LogP contribution in [0.25, 0.3) is 6.08 Å². The van der Waals surface area contributed by atoms with Crippen molar-refractivity contribution in [3.8, 4) is 11.5 Å². The molecule has 2 aromatic carbocycles. The SMILES string of the molecule is O=C(C=Cc1cccc(Cl)c1Cl)NCc1ccc2c(c1)OCO2. The molecule has 0 aromatic heterocycles. The van der Waals surface area contributed by atoms with Crippen molar-refractivity contribution in [2.75, 3.05) is 6.79 Å². The molecular formula is C17H13Cl2NO3. The fraction of sp³-hybridized carbons (Fsp3) is 0.118. The molecule has 1 aliphatic heterocycles. The van der Waals surface area contributed by atoms with Crippen LogP contribution >= 0.6 is 23.2 Å². The average Bonchev–Trinajstić information content (AvgIpc) is 3.02. The highest BCUT2D eigenvalue weighted by molar-refractivity contribution is 6.42. The molecule has 23 heavy (non-hydrogen) atoms. The van der Waals surface area contributed by atoms with E-state index >= 15 is 0 Å². The summed E-state index contributed by atoms with van der Waals surface area (Å²) in [5.74, 6) is 1.19. The van der Waals surface area contributed by atoms with Crippen LogP contribution in [-0.2, 0) is 11.3 Å². The van der Waals surface area contributed by atoms with E-state index in [0.29, 0.717) is 27.9 Å². The lowest BCUT2D eigenvalue weighted by molar-refractivity contribution is -0.116. The first kappa shape index (κ1) is 15.7. The van der Waals surface area contributed by atoms with Gasteiger partial charge in [-0.1, -0.05) is 41.4 Å². The Morgan fingerprint density at radius 2 is 2.00 bits per heavy atom. The fourth-order valence-electron chi connectivity index (χ4n) is 2.11. The van der Waals surface area contributed by atoms with E-state index in [0.717, 1.165) is 11.3 Å². The fourth-order valence-corrected chi connectivity index (χ4v) is 2.48. The van der Waals surface area contributed by atoms with Crippen LogP contribution in [0.3, 0.4) is 0 Å². The second-order valence-electron chi connectivity index (χ2n) is 4.88. The molecule has 2 aromatic rings. The largest absolute Gasteiger partial charge is 0.454 e. The minimum absolute atomic E-state index is 0.223. The van der Waals surface area contributed by atoms with Crippen LogP contribution < -0.4 is 14.8 Å². The summed E-state index contributed by atoms with van der Waals surface area (Å²) in [5.41, 5.74) is 1.62. The van der Waals surface area contributed by atoms with Gasteiger partial charge >= 0.3 is 0 Å². The molecule has 0 aliphatic carbocycles. The second kappa shape index (κ2) is 6.94. The predicted molar refractivity (Wildman–Crippen MR) is 89.9 cm³/mol. The first-order chi connectivity index (χ1) is 11.1. The molecule has 1 aliphatic rings. The van der Waals surface area contributed by atoms with E-state index in [9.17, 15) is 4.79 Å². The van der Waals surface area contributed by atoms with Crippen molar-refractivity contribution in [1.29, 1.82) is 0 Å². The maximum Gasteiger partial charge on any atom is 0.244 e. The zero-order chi connectivity index (χ0) is 16.2. The second-order valence-corrected chi connectivity index (χ2v) is 5.67. The van der Waals surface area contributed by atoms with Crippen molar-refractivity contribution in [2.24, 2.45) is 0 Å². The number of carbonyl (C=O) groups excluding carboxylic acids is 1. The molecule has 0 atom stereocenters. The Kier molecular flexibility index (Phi) is 4.74. The van der Waals surface area contributed by atoms with Crippen LogP contribution in [-0.4, -0.2) is 12.7 Å². The summed E-state index contributed by atoms with van der Waals surface area (Å²) in [5, 5.41) is 3.67. The van der Waals surface area contributed by atoms with Gasteiger partial charge in [0.15, 0.2) is 11.5 Å². The quantitative estimate of drug-likeness (QED) is 0.847. The van der Waals surface area contributed by atoms with Gasteiger partial charge in [0.05, 0.1) is 10.0 Å². The number of rotatable bonds is 4. The van der Waals surface area contributed by atoms with Crippen LogP contribution in [0.1, 0.15) is 11.1 Å². The maximum absolute atomic E-state index is 11.9. The van der Waals surface area contributed by atoms with Gasteiger partial charge in [-0.25, -0.2) is 0 Å². The predicted octanol–water partition coefficient (Wildman–Crippen LogP) is 4.05. The number of halogens is 2. The number of ether oxygens (including phenoxy) is 2. The molecule has 0 saturated heterocycles. The smallest absolute Gasteiger partial charge is 0.244 e. The number of amides is 1. The third-order valence-electron chi connectivity index (χ3n) is 3.30. The first-order valence-corrected chi connectivity index (χ1v) is 7.67. The minimum Gasteiger partial charge on any atom is -0.454 e. The summed E-state index contributed by atoms with van der Waals surface area (Å²) in [6.07, 6.45) is 3.05. The molecule has 0 bridgehead atoms. The van der Waals surface area contributed by atoms with E-state index in [1.807, 2.05) is 18.2 Å². The molecule has 3 rings (SSSR count). The molecule has 0 radical (unpaired) electrons. The Balaban J connectivity index is 1.59. The number of fused-ring (bicyclic) bond motifs is 1. The number of hydrogen-bond donors (Lipinski definition) is 1. The number of hydrogen-bond acceptors (Lipinski definition) is 3. The van der Waals surface area contributed by atoms with E-state index in [1.165, 1.54) is 6.08 Å². The highest BCUT2D eigenvalue weighted by atomic mass is 35.5. The molecule has 0 saturated carbocycles. The summed E-state index contributed by atoms with van der Waals surface area (Å²) < 4.78 is 10.5. The van der Waals surface area contributed by atoms with E-state index in [4.69, 9.17) is 32.7 Å². The minimum atomic E-state index is -0.223. The summed E-state index contributed by atoms with van der Waals surface area (Å²) in [7, 11) is 0. The third-order valence-corrected chi connectivity index (χ3v) is 4.13. The summed E-state index contributed by atoms with van der Waals surface area (Å²) in [4.78, 5) is 11.9. The van der Waals surface area contributed by atoms with Gasteiger partial charge in [0.25, 0.3) is 0 Å². The summed E-state index contributed by atoms with van der Waals surface area (Å²) >= 11 is 12.0. The molecule has 0 spiro atoms. The lowest BCUT2D eigenvalue weighted by atomic mass is 10.2. The number of nitrogens with one attached hydrogen (secondary N) is 1. The Morgan fingerprint density at radius 3 is 2.87 bits per heavy atom. The van der Waals surface area contributed by atoms with E-state index in [-0.39, 0.29) is 12.7 Å². The van der Waals surface area contributed by atoms with Crippen molar-refractivity contribution in [1.82, 2.24) is 5.32 Å². The van der Waals surface area contributed by atoms with Crippen molar-refractivity contribution in [3.05, 3.63) is 63.6 Å². The Bertz CT molecular complexity index is 774. The van der Waals surface area contributed by atoms with Gasteiger partial charge in [0, 0.05) is 12.6 Å². The number of carbonyl (C=O) groups is 1. The molecule has 6 heteroatoms. The Hall–Kier alpha value is -2.17. The van der Waals surface area contributed by atoms with Crippen LogP contribution in [0.5, 0.6) is 11.5 Å². The van der Waals surface area contributed by atoms with Crippen LogP contribution in [0.2, 0.25) is 10.0 Å². The van der Waals surface area contributed by atoms with Gasteiger partial charge in [0.1, 0.15) is 0 Å². The summed E-state index contributed by atoms with van der Waals surface area (Å²) in [6, 6.07) is 10.8. The van der Waals surface area contributed by atoms with Crippen LogP contribution in [0.15, 0.2) is 42.5 Å². The molecule has 1 heterocycles. The lowest BCUT2D eigenvalue weighted by Gasteiger charge is -2.04. The normalized spacial score (nSPS) is 12.6. The standard InChI is InChI=1S/C17H13Cl2NO3/c18-13-3-1-2-12(17(13)19)5-7-16(21)20-9-11-4-6-14-15(8-11)23-10-22-14/h1-8H,9-10H2,(H,20,21). The zero-order valence-corrected chi connectivity index (χ0v) is 13.5. The molecular weight excluding hydrogens is 337 g/mol. The van der Waals surface area contributed by atoms with Crippen molar-refractivity contribution in [3.63, 3.8) is 0 Å². The van der Waals surface area contributed by atoms with Crippen LogP contribution in [0.4, 0.5) is 0 Å². The van der Waals surface area contributed by atoms with Gasteiger partial charge in [-0.2, -0.15) is 0 Å². The Labute approximate surface area is 143 Å². The van der Waals surface area contributed by atoms with Gasteiger partial charge in [-0.3, -0.25) is 4.79 Å². The maximum atomic E-state index is 11.9. The Morgan fingerprint density at radius 1 is 1.17 bits per heavy atom. The van der Waals surface area contributed by atoms with E-state index in [1.54, 1.807) is 24.3 Å². The van der Waals surface area contributed by atoms with Crippen molar-refractivity contribution >= 4 is 35.2 Å². The highest BCUT2D eigenvalue weighted by Crippen LogP contribution is 2.32. The number of benzene rings is 2. The van der Waals surface area contributed by atoms with Gasteiger partial charge in [-0.15, -0.1) is 0 Å². The highest BCUT2D eigenvalue weighted by Gasteiger charge is 2.13. The van der Waals surface area contributed by atoms with E-state index < -0.39 is 0 Å². The molecule has 4 nitrogen and oxygen atoms in total.